The van der Waals surface area contributed by atoms with Gasteiger partial charge in [0.05, 0.1) is 0 Å². The minimum absolute atomic E-state index is 0.0774. The molecule has 27 heavy (non-hydrogen) atoms. The summed E-state index contributed by atoms with van der Waals surface area (Å²) in [4.78, 5) is 25.8. The summed E-state index contributed by atoms with van der Waals surface area (Å²) in [7, 11) is 0. The second-order valence-corrected chi connectivity index (χ2v) is 7.79. The molecule has 0 fully saturated rings. The highest BCUT2D eigenvalue weighted by molar-refractivity contribution is 6.30. The summed E-state index contributed by atoms with van der Waals surface area (Å²) >= 11 is 5.98. The number of Topliss-reactive ketones (excluding diaryl/α,β-unsaturated/α-hetero) is 1. The first-order valence-corrected chi connectivity index (χ1v) is 9.68. The first-order valence-electron chi connectivity index (χ1n) is 9.30. The lowest BCUT2D eigenvalue weighted by Gasteiger charge is -2.29. The van der Waals surface area contributed by atoms with Crippen molar-refractivity contribution in [2.24, 2.45) is 0 Å². The van der Waals surface area contributed by atoms with Gasteiger partial charge in [-0.05, 0) is 73.1 Å². The molecule has 0 N–H and O–H groups in total. The summed E-state index contributed by atoms with van der Waals surface area (Å²) < 4.78 is 5.57. The van der Waals surface area contributed by atoms with Gasteiger partial charge in [0.2, 0.25) is 0 Å². The normalized spacial score (nSPS) is 19.7. The maximum absolute atomic E-state index is 13.1. The minimum atomic E-state index is -0.846. The average Bonchev–Trinajstić information content (AvgIpc) is 2.64. The van der Waals surface area contributed by atoms with Gasteiger partial charge in [0.25, 0.3) is 0 Å². The van der Waals surface area contributed by atoms with Crippen LogP contribution in [0.4, 0.5) is 0 Å². The second kappa shape index (κ2) is 6.97. The van der Waals surface area contributed by atoms with Crippen LogP contribution in [-0.4, -0.2) is 11.8 Å². The summed E-state index contributed by atoms with van der Waals surface area (Å²) in [5.41, 5.74) is 5.43. The van der Waals surface area contributed by atoms with Crippen molar-refractivity contribution in [3.63, 3.8) is 0 Å². The number of ketones is 1. The molecule has 0 spiro atoms. The third-order valence-corrected chi connectivity index (χ3v) is 5.75. The van der Waals surface area contributed by atoms with Gasteiger partial charge in [-0.2, -0.15) is 0 Å². The molecule has 4 heteroatoms. The number of benzene rings is 2. The molecule has 3 nitrogen and oxygen atoms in total. The van der Waals surface area contributed by atoms with Crippen LogP contribution in [0.25, 0.3) is 11.1 Å². The van der Waals surface area contributed by atoms with Crippen LogP contribution in [-0.2, 0) is 14.3 Å². The fourth-order valence-corrected chi connectivity index (χ4v) is 4.33. The number of rotatable bonds is 2. The van der Waals surface area contributed by atoms with Crippen LogP contribution in [0.15, 0.2) is 47.7 Å². The maximum atomic E-state index is 13.1. The summed E-state index contributed by atoms with van der Waals surface area (Å²) in [6.45, 7) is 3.90. The highest BCUT2D eigenvalue weighted by Gasteiger charge is 2.41. The third-order valence-electron chi connectivity index (χ3n) is 5.50. The van der Waals surface area contributed by atoms with Crippen molar-refractivity contribution in [3.8, 4) is 11.1 Å². The van der Waals surface area contributed by atoms with E-state index in [9.17, 15) is 9.59 Å². The molecule has 0 bridgehead atoms. The van der Waals surface area contributed by atoms with Gasteiger partial charge < -0.3 is 4.74 Å². The van der Waals surface area contributed by atoms with Gasteiger partial charge in [0.1, 0.15) is 11.7 Å². The highest BCUT2D eigenvalue weighted by Crippen LogP contribution is 2.39. The molecular formula is C23H21ClO3. The summed E-state index contributed by atoms with van der Waals surface area (Å²) in [5, 5.41) is 0.691. The SMILES string of the molecule is Cc1cc(-c2ccc(Cl)cc2)cc(C)c1C1C(=O)OC2=C(CCCC2)C1=O. The van der Waals surface area contributed by atoms with E-state index < -0.39 is 11.9 Å². The van der Waals surface area contributed by atoms with Crippen LogP contribution in [0, 0.1) is 13.8 Å². The molecule has 2 aromatic carbocycles. The molecule has 4 rings (SSSR count). The monoisotopic (exact) mass is 380 g/mol. The van der Waals surface area contributed by atoms with Crippen LogP contribution < -0.4 is 0 Å². The van der Waals surface area contributed by atoms with E-state index in [1.807, 2.05) is 50.2 Å². The molecule has 1 unspecified atom stereocenters. The zero-order valence-electron chi connectivity index (χ0n) is 15.5. The Morgan fingerprint density at radius 1 is 0.926 bits per heavy atom. The summed E-state index contributed by atoms with van der Waals surface area (Å²) in [6.07, 6.45) is 3.34. The van der Waals surface area contributed by atoms with Crippen molar-refractivity contribution in [3.05, 3.63) is 69.4 Å². The zero-order valence-corrected chi connectivity index (χ0v) is 16.2. The second-order valence-electron chi connectivity index (χ2n) is 7.36. The van der Waals surface area contributed by atoms with Crippen LogP contribution in [0.5, 0.6) is 0 Å². The van der Waals surface area contributed by atoms with E-state index in [2.05, 4.69) is 0 Å². The van der Waals surface area contributed by atoms with E-state index >= 15 is 0 Å². The Bertz CT molecular complexity index is 947. The van der Waals surface area contributed by atoms with Gasteiger partial charge in [-0.3, -0.25) is 9.59 Å². The van der Waals surface area contributed by atoms with Crippen molar-refractivity contribution < 1.29 is 14.3 Å². The lowest BCUT2D eigenvalue weighted by atomic mass is 9.79. The molecule has 0 saturated carbocycles. The zero-order chi connectivity index (χ0) is 19.1. The van der Waals surface area contributed by atoms with Crippen molar-refractivity contribution in [2.45, 2.75) is 45.4 Å². The van der Waals surface area contributed by atoms with E-state index in [0.29, 0.717) is 29.2 Å². The number of carbonyl (C=O) groups is 2. The van der Waals surface area contributed by atoms with Crippen LogP contribution in [0.2, 0.25) is 5.02 Å². The largest absolute Gasteiger partial charge is 0.430 e. The number of hydrogen-bond donors (Lipinski definition) is 0. The predicted molar refractivity (Wildman–Crippen MR) is 106 cm³/mol. The van der Waals surface area contributed by atoms with Gasteiger partial charge >= 0.3 is 5.97 Å². The molecule has 2 aromatic rings. The Morgan fingerprint density at radius 3 is 2.22 bits per heavy atom. The molecule has 0 aromatic heterocycles. The first-order chi connectivity index (χ1) is 13.0. The Balaban J connectivity index is 1.76. The molecule has 1 atom stereocenters. The summed E-state index contributed by atoms with van der Waals surface area (Å²) in [6, 6.07) is 11.7. The fraction of sp³-hybridized carbons (Fsp3) is 0.304. The number of ether oxygens (including phenoxy) is 1. The molecule has 0 radical (unpaired) electrons. The van der Waals surface area contributed by atoms with Crippen molar-refractivity contribution in [1.29, 1.82) is 0 Å². The first kappa shape index (κ1) is 18.0. The van der Waals surface area contributed by atoms with Crippen molar-refractivity contribution in [2.75, 3.05) is 0 Å². The molecule has 0 saturated heterocycles. The topological polar surface area (TPSA) is 43.4 Å². The quantitative estimate of drug-likeness (QED) is 0.498. The van der Waals surface area contributed by atoms with E-state index in [0.717, 1.165) is 40.7 Å². The molecule has 1 aliphatic heterocycles. The molecule has 1 aliphatic carbocycles. The van der Waals surface area contributed by atoms with E-state index in [1.54, 1.807) is 0 Å². The Kier molecular flexibility index (Phi) is 4.65. The highest BCUT2D eigenvalue weighted by atomic mass is 35.5. The van der Waals surface area contributed by atoms with E-state index in [4.69, 9.17) is 16.3 Å². The Morgan fingerprint density at radius 2 is 1.56 bits per heavy atom. The third kappa shape index (κ3) is 3.21. The van der Waals surface area contributed by atoms with Crippen LogP contribution >= 0.6 is 11.6 Å². The number of halogens is 1. The van der Waals surface area contributed by atoms with E-state index in [1.165, 1.54) is 0 Å². The summed E-state index contributed by atoms with van der Waals surface area (Å²) in [5.74, 6) is -0.765. The van der Waals surface area contributed by atoms with Gasteiger partial charge in [-0.25, -0.2) is 0 Å². The van der Waals surface area contributed by atoms with Crippen LogP contribution in [0.3, 0.4) is 0 Å². The van der Waals surface area contributed by atoms with Crippen LogP contribution in [0.1, 0.15) is 48.3 Å². The lowest BCUT2D eigenvalue weighted by molar-refractivity contribution is -0.146. The van der Waals surface area contributed by atoms with Crippen molar-refractivity contribution in [1.82, 2.24) is 0 Å². The molecule has 2 aliphatic rings. The van der Waals surface area contributed by atoms with Gasteiger partial charge in [0, 0.05) is 17.0 Å². The lowest BCUT2D eigenvalue weighted by Crippen LogP contribution is -2.33. The molecule has 1 heterocycles. The Hall–Kier alpha value is -2.39. The predicted octanol–water partition coefficient (Wildman–Crippen LogP) is 5.66. The number of aryl methyl sites for hydroxylation is 2. The average molecular weight is 381 g/mol. The van der Waals surface area contributed by atoms with Gasteiger partial charge in [-0.1, -0.05) is 35.9 Å². The number of carbonyl (C=O) groups excluding carboxylic acids is 2. The number of hydrogen-bond acceptors (Lipinski definition) is 3. The fourth-order valence-electron chi connectivity index (χ4n) is 4.20. The molecular weight excluding hydrogens is 360 g/mol. The smallest absolute Gasteiger partial charge is 0.326 e. The Labute approximate surface area is 164 Å². The van der Waals surface area contributed by atoms with Gasteiger partial charge in [-0.15, -0.1) is 0 Å². The number of esters is 1. The molecule has 0 amide bonds. The van der Waals surface area contributed by atoms with Crippen molar-refractivity contribution >= 4 is 23.4 Å². The number of allylic oxidation sites excluding steroid dienone is 2. The van der Waals surface area contributed by atoms with Gasteiger partial charge in [0.15, 0.2) is 5.78 Å². The van der Waals surface area contributed by atoms with E-state index in [-0.39, 0.29) is 5.78 Å². The molecule has 138 valence electrons. The standard InChI is InChI=1S/C23H21ClO3/c1-13-11-16(15-7-9-17(24)10-8-15)12-14(2)20(13)21-22(25)18-5-3-4-6-19(18)27-23(21)26/h7-12,21H,3-6H2,1-2H3. The maximum Gasteiger partial charge on any atom is 0.326 e. The minimum Gasteiger partial charge on any atom is -0.430 e.